The second-order valence-electron chi connectivity index (χ2n) is 5.56. The van der Waals surface area contributed by atoms with Crippen molar-refractivity contribution in [1.29, 1.82) is 5.26 Å². The summed E-state index contributed by atoms with van der Waals surface area (Å²) in [6, 6.07) is 14.0. The van der Waals surface area contributed by atoms with E-state index in [2.05, 4.69) is 5.32 Å². The number of hydrogen-bond acceptors (Lipinski definition) is 4. The fourth-order valence-corrected chi connectivity index (χ4v) is 4.42. The maximum Gasteiger partial charge on any atom is 0.264 e. The van der Waals surface area contributed by atoms with E-state index in [0.717, 1.165) is 0 Å². The monoisotopic (exact) mass is 341 g/mol. The van der Waals surface area contributed by atoms with Crippen molar-refractivity contribution in [2.75, 3.05) is 9.62 Å². The molecule has 122 valence electrons. The molecule has 1 amide bonds. The van der Waals surface area contributed by atoms with Gasteiger partial charge in [-0.1, -0.05) is 12.1 Å². The maximum atomic E-state index is 13.1. The van der Waals surface area contributed by atoms with Crippen LogP contribution < -0.4 is 9.62 Å². The van der Waals surface area contributed by atoms with Crippen molar-refractivity contribution >= 4 is 27.3 Å². The van der Waals surface area contributed by atoms with Gasteiger partial charge in [0.1, 0.15) is 0 Å². The Bertz CT molecular complexity index is 930. The number of sulfonamides is 1. The first-order chi connectivity index (χ1) is 11.4. The zero-order chi connectivity index (χ0) is 17.3. The normalized spacial score (nSPS) is 17.4. The molecule has 0 aliphatic carbocycles. The van der Waals surface area contributed by atoms with Crippen LogP contribution in [0.2, 0.25) is 0 Å². The van der Waals surface area contributed by atoms with Gasteiger partial charge in [0.25, 0.3) is 10.0 Å². The van der Waals surface area contributed by atoms with Crippen molar-refractivity contribution < 1.29 is 13.2 Å². The van der Waals surface area contributed by atoms with Crippen LogP contribution in [0.25, 0.3) is 0 Å². The zero-order valence-corrected chi connectivity index (χ0v) is 13.7. The Hall–Kier alpha value is -2.85. The fraction of sp³-hybridized carbons (Fsp3) is 0.176. The second kappa shape index (κ2) is 5.98. The average Bonchev–Trinajstić information content (AvgIpc) is 2.69. The quantitative estimate of drug-likeness (QED) is 0.908. The number of nitrogens with one attached hydrogen (secondary N) is 1. The van der Waals surface area contributed by atoms with Gasteiger partial charge in [-0.15, -0.1) is 0 Å². The minimum absolute atomic E-state index is 0.0597. The van der Waals surface area contributed by atoms with Crippen LogP contribution in [-0.2, 0) is 14.8 Å². The van der Waals surface area contributed by atoms with Crippen LogP contribution in [-0.4, -0.2) is 20.4 Å². The Morgan fingerprint density at radius 3 is 2.50 bits per heavy atom. The van der Waals surface area contributed by atoms with E-state index >= 15 is 0 Å². The number of para-hydroxylation sites is 2. The second-order valence-corrected chi connectivity index (χ2v) is 7.37. The smallest absolute Gasteiger partial charge is 0.264 e. The van der Waals surface area contributed by atoms with Crippen molar-refractivity contribution in [2.45, 2.75) is 24.3 Å². The topological polar surface area (TPSA) is 90.3 Å². The van der Waals surface area contributed by atoms with Crippen molar-refractivity contribution in [3.63, 3.8) is 0 Å². The minimum atomic E-state index is -3.86. The highest BCUT2D eigenvalue weighted by Gasteiger charge is 2.34. The van der Waals surface area contributed by atoms with Crippen LogP contribution in [0.4, 0.5) is 11.4 Å². The van der Waals surface area contributed by atoms with Crippen molar-refractivity contribution in [2.24, 2.45) is 0 Å². The fourth-order valence-electron chi connectivity index (χ4n) is 2.74. The summed E-state index contributed by atoms with van der Waals surface area (Å²) in [5, 5.41) is 11.6. The molecular weight excluding hydrogens is 326 g/mol. The number of carbonyl (C=O) groups excluding carboxylic acids is 1. The maximum absolute atomic E-state index is 13.1. The Kier molecular flexibility index (Phi) is 3.99. The molecule has 0 fully saturated rings. The summed E-state index contributed by atoms with van der Waals surface area (Å²) >= 11 is 0. The van der Waals surface area contributed by atoms with Crippen LogP contribution in [0.15, 0.2) is 53.4 Å². The minimum Gasteiger partial charge on any atom is -0.324 e. The number of nitrogens with zero attached hydrogens (tertiary/aromatic N) is 2. The molecule has 0 radical (unpaired) electrons. The highest BCUT2D eigenvalue weighted by atomic mass is 32.2. The van der Waals surface area contributed by atoms with Gasteiger partial charge in [0, 0.05) is 6.42 Å². The molecule has 0 spiro atoms. The third-order valence-corrected chi connectivity index (χ3v) is 5.78. The molecule has 1 aliphatic heterocycles. The van der Waals surface area contributed by atoms with Gasteiger partial charge in [-0.05, 0) is 43.3 Å². The number of carbonyl (C=O) groups is 1. The molecule has 0 unspecified atom stereocenters. The first-order valence-electron chi connectivity index (χ1n) is 7.37. The van der Waals surface area contributed by atoms with Gasteiger partial charge < -0.3 is 5.32 Å². The first-order valence-corrected chi connectivity index (χ1v) is 8.81. The Morgan fingerprint density at radius 2 is 1.83 bits per heavy atom. The van der Waals surface area contributed by atoms with E-state index in [0.29, 0.717) is 16.9 Å². The zero-order valence-electron chi connectivity index (χ0n) is 12.9. The number of nitriles is 1. The number of amides is 1. The van der Waals surface area contributed by atoms with E-state index < -0.39 is 16.1 Å². The van der Waals surface area contributed by atoms with Gasteiger partial charge in [0.2, 0.25) is 5.91 Å². The van der Waals surface area contributed by atoms with E-state index in [1.807, 2.05) is 6.07 Å². The molecule has 0 saturated carbocycles. The molecule has 6 nitrogen and oxygen atoms in total. The molecule has 24 heavy (non-hydrogen) atoms. The number of rotatable bonds is 2. The van der Waals surface area contributed by atoms with Crippen molar-refractivity contribution in [3.05, 3.63) is 54.1 Å². The third-order valence-electron chi connectivity index (χ3n) is 3.84. The lowest BCUT2D eigenvalue weighted by Crippen LogP contribution is -2.39. The molecule has 1 heterocycles. The SMILES string of the molecule is C[C@H]1CC(=O)Nc2ccccc2N1S(=O)(=O)c1ccc(C#N)cc1. The summed E-state index contributed by atoms with van der Waals surface area (Å²) in [7, 11) is -3.86. The predicted octanol–water partition coefficient (Wildman–Crippen LogP) is 2.48. The van der Waals surface area contributed by atoms with Gasteiger partial charge in [0.15, 0.2) is 0 Å². The van der Waals surface area contributed by atoms with E-state index in [4.69, 9.17) is 5.26 Å². The van der Waals surface area contributed by atoms with Gasteiger partial charge in [-0.3, -0.25) is 9.10 Å². The van der Waals surface area contributed by atoms with Gasteiger partial charge >= 0.3 is 0 Å². The molecule has 7 heteroatoms. The summed E-state index contributed by atoms with van der Waals surface area (Å²) in [4.78, 5) is 12.1. The van der Waals surface area contributed by atoms with Crippen LogP contribution in [0.5, 0.6) is 0 Å². The van der Waals surface area contributed by atoms with E-state index in [9.17, 15) is 13.2 Å². The van der Waals surface area contributed by atoms with Crippen LogP contribution in [0.3, 0.4) is 0 Å². The van der Waals surface area contributed by atoms with Crippen molar-refractivity contribution in [1.82, 2.24) is 0 Å². The third kappa shape index (κ3) is 2.72. The lowest BCUT2D eigenvalue weighted by Gasteiger charge is -2.29. The first kappa shape index (κ1) is 16.0. The average molecular weight is 341 g/mol. The van der Waals surface area contributed by atoms with Gasteiger partial charge in [-0.2, -0.15) is 5.26 Å². The summed E-state index contributed by atoms with van der Waals surface area (Å²) in [6.45, 7) is 1.70. The number of anilines is 2. The molecule has 1 aliphatic rings. The summed E-state index contributed by atoms with van der Waals surface area (Å²) in [6.07, 6.45) is 0.0597. The van der Waals surface area contributed by atoms with E-state index in [-0.39, 0.29) is 17.2 Å². The summed E-state index contributed by atoms with van der Waals surface area (Å²) < 4.78 is 27.5. The number of fused-ring (bicyclic) bond motifs is 1. The molecule has 3 rings (SSSR count). The van der Waals surface area contributed by atoms with Crippen LogP contribution >= 0.6 is 0 Å². The summed E-state index contributed by atoms with van der Waals surface area (Å²) in [5.41, 5.74) is 1.28. The van der Waals surface area contributed by atoms with E-state index in [1.54, 1.807) is 31.2 Å². The standard InChI is InChI=1S/C17H15N3O3S/c1-12-10-17(21)19-15-4-2-3-5-16(15)20(12)24(22,23)14-8-6-13(11-18)7-9-14/h2-9,12H,10H2,1H3,(H,19,21)/t12-/m0/s1. The molecule has 0 bridgehead atoms. The molecule has 2 aromatic rings. The van der Waals surface area contributed by atoms with Crippen LogP contribution in [0.1, 0.15) is 18.9 Å². The number of hydrogen-bond donors (Lipinski definition) is 1. The number of benzene rings is 2. The Balaban J connectivity index is 2.14. The lowest BCUT2D eigenvalue weighted by atomic mass is 10.2. The molecule has 0 saturated heterocycles. The highest BCUT2D eigenvalue weighted by Crippen LogP contribution is 2.35. The van der Waals surface area contributed by atoms with Gasteiger partial charge in [-0.25, -0.2) is 8.42 Å². The van der Waals surface area contributed by atoms with Crippen molar-refractivity contribution in [3.8, 4) is 6.07 Å². The van der Waals surface area contributed by atoms with Crippen LogP contribution in [0, 0.1) is 11.3 Å². The van der Waals surface area contributed by atoms with Gasteiger partial charge in [0.05, 0.1) is 33.9 Å². The predicted molar refractivity (Wildman–Crippen MR) is 90.0 cm³/mol. The lowest BCUT2D eigenvalue weighted by molar-refractivity contribution is -0.116. The molecule has 1 atom stereocenters. The molecule has 2 aromatic carbocycles. The highest BCUT2D eigenvalue weighted by molar-refractivity contribution is 7.92. The molecule has 0 aromatic heterocycles. The van der Waals surface area contributed by atoms with E-state index in [1.165, 1.54) is 28.6 Å². The molecular formula is C17H15N3O3S. The summed E-state index contributed by atoms with van der Waals surface area (Å²) in [5.74, 6) is -0.229. The Morgan fingerprint density at radius 1 is 1.17 bits per heavy atom. The molecule has 1 N–H and O–H groups in total. The Labute approximate surface area is 140 Å². The largest absolute Gasteiger partial charge is 0.324 e.